The van der Waals surface area contributed by atoms with Crippen LogP contribution in [0.2, 0.25) is 0 Å². The summed E-state index contributed by atoms with van der Waals surface area (Å²) in [6.07, 6.45) is 2.26. The molecule has 4 nitrogen and oxygen atoms in total. The molecule has 0 unspecified atom stereocenters. The Balaban J connectivity index is 1.58. The highest BCUT2D eigenvalue weighted by Crippen LogP contribution is 2.21. The van der Waals surface area contributed by atoms with E-state index in [0.717, 1.165) is 22.4 Å². The van der Waals surface area contributed by atoms with Gasteiger partial charge in [0.25, 0.3) is 0 Å². The summed E-state index contributed by atoms with van der Waals surface area (Å²) in [4.78, 5) is 16.3. The molecule has 2 aromatic carbocycles. The molecule has 0 aliphatic carbocycles. The Bertz CT molecular complexity index is 885. The van der Waals surface area contributed by atoms with E-state index < -0.39 is 0 Å². The van der Waals surface area contributed by atoms with Crippen LogP contribution in [-0.4, -0.2) is 10.9 Å². The molecule has 0 radical (unpaired) electrons. The summed E-state index contributed by atoms with van der Waals surface area (Å²) >= 11 is 0. The number of anilines is 1. The first-order valence-corrected chi connectivity index (χ1v) is 8.09. The third kappa shape index (κ3) is 4.32. The van der Waals surface area contributed by atoms with Crippen LogP contribution in [0.5, 0.6) is 0 Å². The van der Waals surface area contributed by atoms with Crippen LogP contribution in [0.3, 0.4) is 0 Å². The lowest BCUT2D eigenvalue weighted by atomic mass is 10.1. The summed E-state index contributed by atoms with van der Waals surface area (Å²) in [5, 5.41) is 2.90. The number of aromatic nitrogens is 1. The molecular formula is C20H19FN2O2. The van der Waals surface area contributed by atoms with E-state index >= 15 is 0 Å². The van der Waals surface area contributed by atoms with Crippen molar-refractivity contribution >= 4 is 11.6 Å². The Labute approximate surface area is 145 Å². The molecule has 0 saturated heterocycles. The maximum absolute atomic E-state index is 13.0. The number of halogens is 1. The molecule has 128 valence electrons. The van der Waals surface area contributed by atoms with E-state index in [1.54, 1.807) is 18.3 Å². The lowest BCUT2D eigenvalue weighted by Gasteiger charge is -2.08. The van der Waals surface area contributed by atoms with E-state index in [4.69, 9.17) is 4.42 Å². The maximum atomic E-state index is 13.0. The van der Waals surface area contributed by atoms with Gasteiger partial charge < -0.3 is 9.73 Å². The minimum Gasteiger partial charge on any atom is -0.441 e. The molecule has 0 spiro atoms. The number of nitrogens with one attached hydrogen (secondary N) is 1. The number of aryl methyl sites for hydroxylation is 3. The van der Waals surface area contributed by atoms with E-state index in [0.29, 0.717) is 18.1 Å². The number of amides is 1. The summed E-state index contributed by atoms with van der Waals surface area (Å²) in [6, 6.07) is 11.9. The SMILES string of the molecule is Cc1ccc(NC(=O)CCc2ncc(-c3ccc(F)cc3)o2)c(C)c1. The van der Waals surface area contributed by atoms with Crippen molar-refractivity contribution in [1.82, 2.24) is 4.98 Å². The largest absolute Gasteiger partial charge is 0.441 e. The smallest absolute Gasteiger partial charge is 0.224 e. The average Bonchev–Trinajstić information content (AvgIpc) is 3.05. The lowest BCUT2D eigenvalue weighted by molar-refractivity contribution is -0.116. The highest BCUT2D eigenvalue weighted by molar-refractivity contribution is 5.91. The number of benzene rings is 2. The highest BCUT2D eigenvalue weighted by atomic mass is 19.1. The number of hydrogen-bond donors (Lipinski definition) is 1. The van der Waals surface area contributed by atoms with Crippen LogP contribution >= 0.6 is 0 Å². The molecule has 0 bridgehead atoms. The fourth-order valence-corrected chi connectivity index (χ4v) is 2.56. The van der Waals surface area contributed by atoms with Crippen LogP contribution < -0.4 is 5.32 Å². The number of hydrogen-bond acceptors (Lipinski definition) is 3. The van der Waals surface area contributed by atoms with Crippen molar-refractivity contribution < 1.29 is 13.6 Å². The minimum atomic E-state index is -0.299. The molecular weight excluding hydrogens is 319 g/mol. The van der Waals surface area contributed by atoms with Crippen molar-refractivity contribution in [3.63, 3.8) is 0 Å². The molecule has 0 aliphatic rings. The predicted molar refractivity (Wildman–Crippen MR) is 94.8 cm³/mol. The summed E-state index contributed by atoms with van der Waals surface area (Å²) in [5.74, 6) is 0.653. The second-order valence-electron chi connectivity index (χ2n) is 5.99. The average molecular weight is 338 g/mol. The molecule has 1 amide bonds. The van der Waals surface area contributed by atoms with Crippen molar-refractivity contribution in [3.05, 3.63) is 71.5 Å². The minimum absolute atomic E-state index is 0.0894. The van der Waals surface area contributed by atoms with Crippen LogP contribution in [0.25, 0.3) is 11.3 Å². The van der Waals surface area contributed by atoms with Gasteiger partial charge in [-0.3, -0.25) is 4.79 Å². The van der Waals surface area contributed by atoms with E-state index in [1.165, 1.54) is 12.1 Å². The van der Waals surface area contributed by atoms with Gasteiger partial charge in [0.15, 0.2) is 11.7 Å². The first-order valence-electron chi connectivity index (χ1n) is 8.09. The number of rotatable bonds is 5. The van der Waals surface area contributed by atoms with Crippen LogP contribution in [0.1, 0.15) is 23.4 Å². The third-order valence-electron chi connectivity index (χ3n) is 3.90. The molecule has 0 aliphatic heterocycles. The number of carbonyl (C=O) groups is 1. The maximum Gasteiger partial charge on any atom is 0.224 e. The molecule has 0 saturated carbocycles. The van der Waals surface area contributed by atoms with Crippen molar-refractivity contribution in [2.45, 2.75) is 26.7 Å². The first-order chi connectivity index (χ1) is 12.0. The summed E-state index contributed by atoms with van der Waals surface area (Å²) in [7, 11) is 0. The molecule has 0 fully saturated rings. The first kappa shape index (κ1) is 16.9. The van der Waals surface area contributed by atoms with E-state index in [1.807, 2.05) is 32.0 Å². The second kappa shape index (κ2) is 7.30. The normalized spacial score (nSPS) is 10.7. The van der Waals surface area contributed by atoms with Crippen LogP contribution in [0.15, 0.2) is 53.1 Å². The second-order valence-corrected chi connectivity index (χ2v) is 5.99. The van der Waals surface area contributed by atoms with Crippen LogP contribution in [0, 0.1) is 19.7 Å². The van der Waals surface area contributed by atoms with E-state index in [9.17, 15) is 9.18 Å². The number of nitrogens with zero attached hydrogens (tertiary/aromatic N) is 1. The fraction of sp³-hybridized carbons (Fsp3) is 0.200. The summed E-state index contributed by atoms with van der Waals surface area (Å²) in [5.41, 5.74) is 3.75. The van der Waals surface area contributed by atoms with Gasteiger partial charge in [-0.25, -0.2) is 9.37 Å². The third-order valence-corrected chi connectivity index (χ3v) is 3.90. The van der Waals surface area contributed by atoms with Gasteiger partial charge in [-0.15, -0.1) is 0 Å². The number of oxazole rings is 1. The lowest BCUT2D eigenvalue weighted by Crippen LogP contribution is -2.13. The Morgan fingerprint density at radius 2 is 1.92 bits per heavy atom. The van der Waals surface area contributed by atoms with Gasteiger partial charge in [-0.2, -0.15) is 0 Å². The molecule has 0 atom stereocenters. The fourth-order valence-electron chi connectivity index (χ4n) is 2.56. The Kier molecular flexibility index (Phi) is 4.93. The van der Waals surface area contributed by atoms with Gasteiger partial charge in [-0.05, 0) is 49.7 Å². The number of carbonyl (C=O) groups excluding carboxylic acids is 1. The molecule has 25 heavy (non-hydrogen) atoms. The zero-order valence-corrected chi connectivity index (χ0v) is 14.2. The van der Waals surface area contributed by atoms with Crippen molar-refractivity contribution in [2.24, 2.45) is 0 Å². The zero-order chi connectivity index (χ0) is 17.8. The Hall–Kier alpha value is -2.95. The van der Waals surface area contributed by atoms with Crippen molar-refractivity contribution in [2.75, 3.05) is 5.32 Å². The zero-order valence-electron chi connectivity index (χ0n) is 14.2. The summed E-state index contributed by atoms with van der Waals surface area (Å²) in [6.45, 7) is 3.98. The van der Waals surface area contributed by atoms with Crippen molar-refractivity contribution in [1.29, 1.82) is 0 Å². The van der Waals surface area contributed by atoms with Gasteiger partial charge in [0.05, 0.1) is 6.20 Å². The molecule has 3 rings (SSSR count). The standard InChI is InChI=1S/C20H19FN2O2/c1-13-3-8-17(14(2)11-13)23-19(24)9-10-20-22-12-18(25-20)15-4-6-16(21)7-5-15/h3-8,11-12H,9-10H2,1-2H3,(H,23,24). The Morgan fingerprint density at radius 3 is 2.64 bits per heavy atom. The van der Waals surface area contributed by atoms with Crippen LogP contribution in [0.4, 0.5) is 10.1 Å². The van der Waals surface area contributed by atoms with Gasteiger partial charge >= 0.3 is 0 Å². The van der Waals surface area contributed by atoms with E-state index in [-0.39, 0.29) is 18.1 Å². The van der Waals surface area contributed by atoms with Gasteiger partial charge in [0, 0.05) is 24.1 Å². The highest BCUT2D eigenvalue weighted by Gasteiger charge is 2.10. The van der Waals surface area contributed by atoms with Gasteiger partial charge in [0.1, 0.15) is 5.82 Å². The van der Waals surface area contributed by atoms with Crippen LogP contribution in [-0.2, 0) is 11.2 Å². The quantitative estimate of drug-likeness (QED) is 0.735. The van der Waals surface area contributed by atoms with Gasteiger partial charge in [0.2, 0.25) is 5.91 Å². The summed E-state index contributed by atoms with van der Waals surface area (Å²) < 4.78 is 18.6. The Morgan fingerprint density at radius 1 is 1.16 bits per heavy atom. The predicted octanol–water partition coefficient (Wildman–Crippen LogP) is 4.67. The molecule has 3 aromatic rings. The van der Waals surface area contributed by atoms with Crippen molar-refractivity contribution in [3.8, 4) is 11.3 Å². The molecule has 1 N–H and O–H groups in total. The molecule has 1 aromatic heterocycles. The molecule has 1 heterocycles. The molecule has 5 heteroatoms. The van der Waals surface area contributed by atoms with E-state index in [2.05, 4.69) is 10.3 Å². The monoisotopic (exact) mass is 338 g/mol. The van der Waals surface area contributed by atoms with Gasteiger partial charge in [-0.1, -0.05) is 17.7 Å². The topological polar surface area (TPSA) is 55.1 Å².